The van der Waals surface area contributed by atoms with Gasteiger partial charge in [-0.05, 0) is 48.2 Å². The van der Waals surface area contributed by atoms with E-state index in [2.05, 4.69) is 19.2 Å². The van der Waals surface area contributed by atoms with Gasteiger partial charge in [0.1, 0.15) is 11.6 Å². The number of nitrogens with one attached hydrogen (secondary N) is 1. The molecule has 1 heterocycles. The molecular formula is C25H30FNO5. The average molecular weight is 444 g/mol. The van der Waals surface area contributed by atoms with E-state index < -0.39 is 24.2 Å². The fraction of sp³-hybridized carbons (Fsp3) is 0.440. The minimum atomic E-state index is -1.07. The number of ether oxygens (including phenoxy) is 2. The summed E-state index contributed by atoms with van der Waals surface area (Å²) in [4.78, 5) is 23.0. The SMILES string of the molecule is CC(=O)N[C@]1(C)C[C@@H](c2ccc(F)cc2)O[C@@H](c2cc(C(C)C)ccc2OCC(=O)O)C1. The number of halogens is 1. The molecule has 0 unspecified atom stereocenters. The van der Waals surface area contributed by atoms with Gasteiger partial charge in [-0.25, -0.2) is 9.18 Å². The van der Waals surface area contributed by atoms with Gasteiger partial charge in [0.25, 0.3) is 0 Å². The summed E-state index contributed by atoms with van der Waals surface area (Å²) in [6.45, 7) is 7.11. The molecule has 2 N–H and O–H groups in total. The third kappa shape index (κ3) is 5.85. The van der Waals surface area contributed by atoms with Crippen LogP contribution in [-0.4, -0.2) is 29.1 Å². The molecule has 0 aromatic heterocycles. The molecule has 3 atom stereocenters. The van der Waals surface area contributed by atoms with Crippen molar-refractivity contribution in [2.75, 3.05) is 6.61 Å². The molecule has 32 heavy (non-hydrogen) atoms. The largest absolute Gasteiger partial charge is 0.482 e. The summed E-state index contributed by atoms with van der Waals surface area (Å²) in [5.41, 5.74) is 2.03. The first-order valence-corrected chi connectivity index (χ1v) is 10.7. The molecule has 1 aliphatic rings. The molecule has 7 heteroatoms. The molecule has 2 aromatic carbocycles. The average Bonchev–Trinajstić information content (AvgIpc) is 2.71. The molecule has 1 saturated heterocycles. The van der Waals surface area contributed by atoms with Crippen molar-refractivity contribution < 1.29 is 28.6 Å². The van der Waals surface area contributed by atoms with Gasteiger partial charge < -0.3 is 19.9 Å². The quantitative estimate of drug-likeness (QED) is 0.636. The zero-order valence-electron chi connectivity index (χ0n) is 18.9. The fourth-order valence-electron chi connectivity index (χ4n) is 4.23. The second kappa shape index (κ2) is 9.69. The van der Waals surface area contributed by atoms with Gasteiger partial charge in [0.15, 0.2) is 6.61 Å². The van der Waals surface area contributed by atoms with Crippen LogP contribution in [0.1, 0.15) is 75.4 Å². The van der Waals surface area contributed by atoms with Crippen LogP contribution in [-0.2, 0) is 14.3 Å². The zero-order chi connectivity index (χ0) is 23.5. The smallest absolute Gasteiger partial charge is 0.341 e. The van der Waals surface area contributed by atoms with Crippen molar-refractivity contribution in [1.82, 2.24) is 5.32 Å². The Balaban J connectivity index is 2.02. The first kappa shape index (κ1) is 23.7. The molecule has 1 amide bonds. The van der Waals surface area contributed by atoms with Gasteiger partial charge in [-0.2, -0.15) is 0 Å². The second-order valence-corrected chi connectivity index (χ2v) is 8.95. The first-order valence-electron chi connectivity index (χ1n) is 10.7. The number of hydrogen-bond acceptors (Lipinski definition) is 4. The van der Waals surface area contributed by atoms with Gasteiger partial charge >= 0.3 is 5.97 Å². The maximum absolute atomic E-state index is 13.5. The lowest BCUT2D eigenvalue weighted by atomic mass is 9.80. The molecule has 0 radical (unpaired) electrons. The van der Waals surface area contributed by atoms with Crippen LogP contribution in [0.25, 0.3) is 0 Å². The van der Waals surface area contributed by atoms with Crippen LogP contribution in [0, 0.1) is 5.82 Å². The standard InChI is InChI=1S/C25H30FNO5/c1-15(2)18-7-10-21(31-14-24(29)30)20(11-18)23-13-25(4,27-16(3)28)12-22(32-23)17-5-8-19(26)9-6-17/h5-11,15,22-23H,12-14H2,1-4H3,(H,27,28)(H,29,30)/t22-,23+,25+/m0/s1. The number of aliphatic carboxylic acids is 1. The summed E-state index contributed by atoms with van der Waals surface area (Å²) in [5.74, 6) is -0.864. The van der Waals surface area contributed by atoms with E-state index in [4.69, 9.17) is 14.6 Å². The van der Waals surface area contributed by atoms with Crippen molar-refractivity contribution in [2.24, 2.45) is 0 Å². The Bertz CT molecular complexity index is 975. The van der Waals surface area contributed by atoms with E-state index in [1.54, 1.807) is 18.2 Å². The van der Waals surface area contributed by atoms with E-state index in [0.717, 1.165) is 16.7 Å². The molecule has 1 fully saturated rings. The molecule has 0 saturated carbocycles. The Hall–Kier alpha value is -2.93. The zero-order valence-corrected chi connectivity index (χ0v) is 18.9. The number of carboxylic acids is 1. The minimum Gasteiger partial charge on any atom is -0.482 e. The summed E-state index contributed by atoms with van der Waals surface area (Å²) >= 11 is 0. The van der Waals surface area contributed by atoms with Gasteiger partial charge in [-0.3, -0.25) is 4.79 Å². The summed E-state index contributed by atoms with van der Waals surface area (Å²) in [5, 5.41) is 12.1. The van der Waals surface area contributed by atoms with Gasteiger partial charge in [0.2, 0.25) is 5.91 Å². The number of rotatable bonds is 7. The van der Waals surface area contributed by atoms with Crippen LogP contribution in [0.15, 0.2) is 42.5 Å². The number of benzene rings is 2. The highest BCUT2D eigenvalue weighted by atomic mass is 19.1. The number of carbonyl (C=O) groups excluding carboxylic acids is 1. The van der Waals surface area contributed by atoms with Crippen molar-refractivity contribution in [3.63, 3.8) is 0 Å². The van der Waals surface area contributed by atoms with Crippen LogP contribution >= 0.6 is 0 Å². The lowest BCUT2D eigenvalue weighted by Crippen LogP contribution is -2.50. The van der Waals surface area contributed by atoms with Crippen LogP contribution < -0.4 is 10.1 Å². The molecular weight excluding hydrogens is 413 g/mol. The van der Waals surface area contributed by atoms with E-state index in [1.807, 2.05) is 19.1 Å². The van der Waals surface area contributed by atoms with E-state index in [-0.39, 0.29) is 23.7 Å². The summed E-state index contributed by atoms with van der Waals surface area (Å²) in [7, 11) is 0. The third-order valence-electron chi connectivity index (χ3n) is 5.72. The van der Waals surface area contributed by atoms with Crippen molar-refractivity contribution >= 4 is 11.9 Å². The fourth-order valence-corrected chi connectivity index (χ4v) is 4.23. The monoisotopic (exact) mass is 443 g/mol. The lowest BCUT2D eigenvalue weighted by molar-refractivity contribution is -0.139. The minimum absolute atomic E-state index is 0.149. The molecule has 0 spiro atoms. The van der Waals surface area contributed by atoms with Crippen LogP contribution in [0.2, 0.25) is 0 Å². The van der Waals surface area contributed by atoms with Gasteiger partial charge in [-0.1, -0.05) is 32.0 Å². The highest BCUT2D eigenvalue weighted by molar-refractivity contribution is 5.73. The van der Waals surface area contributed by atoms with Crippen LogP contribution in [0.3, 0.4) is 0 Å². The second-order valence-electron chi connectivity index (χ2n) is 8.95. The third-order valence-corrected chi connectivity index (χ3v) is 5.72. The number of amides is 1. The summed E-state index contributed by atoms with van der Waals surface area (Å²) < 4.78 is 25.5. The Morgan fingerprint density at radius 3 is 2.44 bits per heavy atom. The maximum Gasteiger partial charge on any atom is 0.341 e. The van der Waals surface area contributed by atoms with Gasteiger partial charge in [0, 0.05) is 30.9 Å². The van der Waals surface area contributed by atoms with Crippen molar-refractivity contribution in [3.8, 4) is 5.75 Å². The Kier molecular flexibility index (Phi) is 7.19. The number of carboxylic acid groups (broad SMARTS) is 1. The number of hydrogen-bond donors (Lipinski definition) is 2. The van der Waals surface area contributed by atoms with Crippen LogP contribution in [0.4, 0.5) is 4.39 Å². The highest BCUT2D eigenvalue weighted by Gasteiger charge is 2.41. The van der Waals surface area contributed by atoms with Crippen molar-refractivity contribution in [1.29, 1.82) is 0 Å². The molecule has 6 nitrogen and oxygen atoms in total. The molecule has 172 valence electrons. The highest BCUT2D eigenvalue weighted by Crippen LogP contribution is 2.46. The maximum atomic E-state index is 13.5. The van der Waals surface area contributed by atoms with Gasteiger partial charge in [0.05, 0.1) is 12.2 Å². The molecule has 2 aromatic rings. The van der Waals surface area contributed by atoms with Crippen LogP contribution in [0.5, 0.6) is 5.75 Å². The molecule has 3 rings (SSSR count). The topological polar surface area (TPSA) is 84.9 Å². The van der Waals surface area contributed by atoms with Crippen molar-refractivity contribution in [3.05, 3.63) is 65.0 Å². The Morgan fingerprint density at radius 1 is 1.19 bits per heavy atom. The lowest BCUT2D eigenvalue weighted by Gasteiger charge is -2.43. The Labute approximate surface area is 187 Å². The Morgan fingerprint density at radius 2 is 1.84 bits per heavy atom. The predicted molar refractivity (Wildman–Crippen MR) is 118 cm³/mol. The summed E-state index contributed by atoms with van der Waals surface area (Å²) in [6, 6.07) is 11.8. The van der Waals surface area contributed by atoms with E-state index in [1.165, 1.54) is 19.1 Å². The predicted octanol–water partition coefficient (Wildman–Crippen LogP) is 4.90. The summed E-state index contributed by atoms with van der Waals surface area (Å²) in [6.07, 6.45) is 0.151. The molecule has 0 aliphatic carbocycles. The first-order chi connectivity index (χ1) is 15.1. The van der Waals surface area contributed by atoms with Crippen molar-refractivity contribution in [2.45, 2.75) is 64.2 Å². The molecule has 0 bridgehead atoms. The normalized spacial score (nSPS) is 23.1. The van der Waals surface area contributed by atoms with E-state index in [9.17, 15) is 14.0 Å². The number of carbonyl (C=O) groups is 2. The molecule has 1 aliphatic heterocycles. The van der Waals surface area contributed by atoms with E-state index in [0.29, 0.717) is 18.6 Å². The van der Waals surface area contributed by atoms with E-state index >= 15 is 0 Å². The van der Waals surface area contributed by atoms with Gasteiger partial charge in [-0.15, -0.1) is 0 Å².